The Labute approximate surface area is 170 Å². The average Bonchev–Trinajstić information content (AvgIpc) is 2.73. The van der Waals surface area contributed by atoms with E-state index in [0.717, 1.165) is 37.2 Å². The number of carbonyl (C=O) groups is 1. The summed E-state index contributed by atoms with van der Waals surface area (Å²) in [5, 5.41) is 18.1. The number of nitrogens with two attached hydrogens (primary N) is 1. The number of likely N-dealkylation sites (tertiary alicyclic amines) is 1. The molecular formula is C22H27N5O2. The number of amidine groups is 2. The number of ether oxygens (including phenoxy) is 1. The second kappa shape index (κ2) is 9.23. The predicted octanol–water partition coefficient (Wildman–Crippen LogP) is 2.74. The molecule has 7 heteroatoms. The lowest BCUT2D eigenvalue weighted by Gasteiger charge is -2.32. The molecule has 1 aliphatic heterocycles. The molecule has 3 rings (SSSR count). The first-order valence-electron chi connectivity index (χ1n) is 9.71. The van der Waals surface area contributed by atoms with Crippen LogP contribution in [0.25, 0.3) is 0 Å². The summed E-state index contributed by atoms with van der Waals surface area (Å²) in [5.74, 6) is 1.19. The Hall–Kier alpha value is -3.35. The number of nitrogen functional groups attached to an aromatic ring is 1. The number of amides is 1. The highest BCUT2D eigenvalue weighted by molar-refractivity contribution is 5.95. The van der Waals surface area contributed by atoms with Crippen LogP contribution in [-0.4, -0.2) is 41.7 Å². The maximum Gasteiger partial charge on any atom is 0.251 e. The van der Waals surface area contributed by atoms with E-state index in [1.165, 1.54) is 0 Å². The Morgan fingerprint density at radius 3 is 2.45 bits per heavy atom. The van der Waals surface area contributed by atoms with Gasteiger partial charge in [0.25, 0.3) is 5.91 Å². The molecule has 1 aliphatic rings. The van der Waals surface area contributed by atoms with Crippen LogP contribution in [0, 0.1) is 10.8 Å². The maximum atomic E-state index is 12.4. The van der Waals surface area contributed by atoms with Gasteiger partial charge in [-0.3, -0.25) is 15.6 Å². The first kappa shape index (κ1) is 20.4. The van der Waals surface area contributed by atoms with E-state index >= 15 is 0 Å². The number of piperidine rings is 1. The number of carbonyl (C=O) groups excluding carboxylic acids is 1. The minimum absolute atomic E-state index is 0.00685. The van der Waals surface area contributed by atoms with Gasteiger partial charge >= 0.3 is 0 Å². The van der Waals surface area contributed by atoms with Gasteiger partial charge in [0.05, 0.1) is 5.84 Å². The Kier molecular flexibility index (Phi) is 6.49. The summed E-state index contributed by atoms with van der Waals surface area (Å²) in [6.45, 7) is 3.85. The van der Waals surface area contributed by atoms with Crippen molar-refractivity contribution in [3.05, 3.63) is 65.2 Å². The zero-order valence-corrected chi connectivity index (χ0v) is 16.6. The zero-order valence-electron chi connectivity index (χ0n) is 16.6. The van der Waals surface area contributed by atoms with E-state index in [4.69, 9.17) is 21.3 Å². The molecule has 0 aliphatic carbocycles. The minimum Gasteiger partial charge on any atom is -0.490 e. The third kappa shape index (κ3) is 5.57. The van der Waals surface area contributed by atoms with Gasteiger partial charge in [-0.25, -0.2) is 0 Å². The molecule has 0 aromatic heterocycles. The van der Waals surface area contributed by atoms with Crippen molar-refractivity contribution in [1.29, 1.82) is 10.8 Å². The van der Waals surface area contributed by atoms with Gasteiger partial charge in [-0.05, 0) is 42.8 Å². The zero-order chi connectivity index (χ0) is 20.8. The van der Waals surface area contributed by atoms with Crippen molar-refractivity contribution in [2.45, 2.75) is 32.4 Å². The summed E-state index contributed by atoms with van der Waals surface area (Å²) in [6.07, 6.45) is 1.91. The van der Waals surface area contributed by atoms with E-state index in [-0.39, 0.29) is 17.8 Å². The van der Waals surface area contributed by atoms with Gasteiger partial charge < -0.3 is 20.7 Å². The van der Waals surface area contributed by atoms with Crippen LogP contribution < -0.4 is 15.8 Å². The monoisotopic (exact) mass is 393 g/mol. The lowest BCUT2D eigenvalue weighted by Crippen LogP contribution is -2.40. The van der Waals surface area contributed by atoms with Crippen LogP contribution in [0.5, 0.6) is 5.75 Å². The highest BCUT2D eigenvalue weighted by Gasteiger charge is 2.20. The third-order valence-corrected chi connectivity index (χ3v) is 5.03. The van der Waals surface area contributed by atoms with Crippen molar-refractivity contribution in [2.75, 3.05) is 13.1 Å². The fraction of sp³-hybridized carbons (Fsp3) is 0.318. The number of nitrogens with zero attached hydrogens (tertiary/aromatic N) is 1. The lowest BCUT2D eigenvalue weighted by atomic mass is 10.1. The highest BCUT2D eigenvalue weighted by atomic mass is 16.5. The molecule has 0 spiro atoms. The molecular weight excluding hydrogens is 366 g/mol. The number of hydrogen-bond donors (Lipinski definition) is 4. The van der Waals surface area contributed by atoms with Crippen LogP contribution in [-0.2, 0) is 6.54 Å². The summed E-state index contributed by atoms with van der Waals surface area (Å²) in [7, 11) is 0. The maximum absolute atomic E-state index is 12.4. The van der Waals surface area contributed by atoms with Gasteiger partial charge in [0, 0.05) is 43.6 Å². The Balaban J connectivity index is 1.51. The Bertz CT molecular complexity index is 886. The van der Waals surface area contributed by atoms with Crippen LogP contribution in [0.15, 0.2) is 48.5 Å². The van der Waals surface area contributed by atoms with Crippen LogP contribution in [0.4, 0.5) is 0 Å². The van der Waals surface area contributed by atoms with E-state index in [0.29, 0.717) is 23.5 Å². The molecule has 7 nitrogen and oxygen atoms in total. The number of benzene rings is 2. The van der Waals surface area contributed by atoms with Gasteiger partial charge in [-0.15, -0.1) is 0 Å². The first-order valence-corrected chi connectivity index (χ1v) is 9.71. The highest BCUT2D eigenvalue weighted by Crippen LogP contribution is 2.20. The second-order valence-electron chi connectivity index (χ2n) is 7.21. The van der Waals surface area contributed by atoms with Crippen molar-refractivity contribution < 1.29 is 9.53 Å². The molecule has 29 heavy (non-hydrogen) atoms. The molecule has 0 saturated carbocycles. The topological polar surface area (TPSA) is 115 Å². The molecule has 1 amide bonds. The van der Waals surface area contributed by atoms with Gasteiger partial charge in [0.15, 0.2) is 0 Å². The van der Waals surface area contributed by atoms with E-state index in [1.807, 2.05) is 31.2 Å². The molecule has 1 heterocycles. The van der Waals surface area contributed by atoms with Crippen molar-refractivity contribution in [3.63, 3.8) is 0 Å². The molecule has 5 N–H and O–H groups in total. The number of hydrogen-bond acceptors (Lipinski definition) is 4. The van der Waals surface area contributed by atoms with Crippen LogP contribution in [0.1, 0.15) is 41.3 Å². The second-order valence-corrected chi connectivity index (χ2v) is 7.21. The van der Waals surface area contributed by atoms with Crippen molar-refractivity contribution in [3.8, 4) is 5.75 Å². The molecule has 2 aromatic rings. The smallest absolute Gasteiger partial charge is 0.251 e. The molecule has 1 saturated heterocycles. The van der Waals surface area contributed by atoms with E-state index in [9.17, 15) is 4.79 Å². The summed E-state index contributed by atoms with van der Waals surface area (Å²) >= 11 is 0. The SMILES string of the molecule is CC(=N)N1CCC(Oc2ccc(C(=O)NCc3cccc(C(=N)N)c3)cc2)CC1. The molecule has 0 bridgehead atoms. The molecule has 0 unspecified atom stereocenters. The van der Waals surface area contributed by atoms with Gasteiger partial charge in [0.2, 0.25) is 0 Å². The Morgan fingerprint density at radius 1 is 1.14 bits per heavy atom. The van der Waals surface area contributed by atoms with Crippen molar-refractivity contribution in [2.24, 2.45) is 5.73 Å². The normalized spacial score (nSPS) is 14.3. The summed E-state index contributed by atoms with van der Waals surface area (Å²) in [5.41, 5.74) is 7.59. The largest absolute Gasteiger partial charge is 0.490 e. The fourth-order valence-electron chi connectivity index (χ4n) is 3.32. The first-order chi connectivity index (χ1) is 13.9. The van der Waals surface area contributed by atoms with Crippen LogP contribution >= 0.6 is 0 Å². The number of rotatable bonds is 6. The van der Waals surface area contributed by atoms with Gasteiger partial charge in [0.1, 0.15) is 17.7 Å². The summed E-state index contributed by atoms with van der Waals surface area (Å²) < 4.78 is 6.02. The molecule has 1 fully saturated rings. The van der Waals surface area contributed by atoms with Gasteiger partial charge in [-0.2, -0.15) is 0 Å². The summed E-state index contributed by atoms with van der Waals surface area (Å²) in [4.78, 5) is 14.4. The van der Waals surface area contributed by atoms with Gasteiger partial charge in [-0.1, -0.05) is 18.2 Å². The lowest BCUT2D eigenvalue weighted by molar-refractivity contribution is 0.0950. The average molecular weight is 393 g/mol. The van der Waals surface area contributed by atoms with Crippen LogP contribution in [0.3, 0.4) is 0 Å². The predicted molar refractivity (Wildman–Crippen MR) is 114 cm³/mol. The quantitative estimate of drug-likeness (QED) is 0.446. The van der Waals surface area contributed by atoms with E-state index in [1.54, 1.807) is 24.3 Å². The Morgan fingerprint density at radius 2 is 1.83 bits per heavy atom. The van der Waals surface area contributed by atoms with Crippen molar-refractivity contribution in [1.82, 2.24) is 10.2 Å². The third-order valence-electron chi connectivity index (χ3n) is 5.03. The minimum atomic E-state index is -0.167. The number of nitrogens with one attached hydrogen (secondary N) is 3. The molecule has 0 radical (unpaired) electrons. The van der Waals surface area contributed by atoms with Crippen molar-refractivity contribution >= 4 is 17.6 Å². The van der Waals surface area contributed by atoms with E-state index in [2.05, 4.69) is 10.2 Å². The van der Waals surface area contributed by atoms with Crippen LogP contribution in [0.2, 0.25) is 0 Å². The molecule has 152 valence electrons. The summed E-state index contributed by atoms with van der Waals surface area (Å²) in [6, 6.07) is 14.4. The molecule has 2 aromatic carbocycles. The standard InChI is InChI=1S/C22H27N5O2/c1-15(23)27-11-9-20(10-12-27)29-19-7-5-17(6-8-19)22(28)26-14-16-3-2-4-18(13-16)21(24)25/h2-8,13,20,23H,9-12,14H2,1H3,(H3,24,25)(H,26,28). The molecule has 0 atom stereocenters. The fourth-order valence-corrected chi connectivity index (χ4v) is 3.32. The van der Waals surface area contributed by atoms with E-state index < -0.39 is 0 Å².